The van der Waals surface area contributed by atoms with E-state index in [2.05, 4.69) is 31.9 Å². The number of hydrogen-bond acceptors (Lipinski definition) is 4. The highest BCUT2D eigenvalue weighted by molar-refractivity contribution is 9.10. The molecule has 0 saturated heterocycles. The molecule has 0 fully saturated rings. The van der Waals surface area contributed by atoms with Crippen LogP contribution in [0.5, 0.6) is 5.88 Å². The average molecular weight is 520 g/mol. The van der Waals surface area contributed by atoms with Crippen LogP contribution in [0.3, 0.4) is 0 Å². The first-order chi connectivity index (χ1) is 16.3. The molecule has 0 aliphatic rings. The van der Waals surface area contributed by atoms with E-state index in [-0.39, 0.29) is 12.3 Å². The molecule has 4 aromatic rings. The molecule has 174 valence electrons. The predicted molar refractivity (Wildman–Crippen MR) is 139 cm³/mol. The normalized spacial score (nSPS) is 11.9. The number of carboxylic acids is 1. The largest absolute Gasteiger partial charge is 0.494 e. The van der Waals surface area contributed by atoms with Crippen LogP contribution in [0.25, 0.3) is 10.9 Å². The van der Waals surface area contributed by atoms with E-state index in [0.29, 0.717) is 17.7 Å². The van der Waals surface area contributed by atoms with Gasteiger partial charge in [-0.25, -0.2) is 4.99 Å². The number of aliphatic carboxylic acids is 1. The first-order valence-electron chi connectivity index (χ1n) is 10.9. The van der Waals surface area contributed by atoms with Crippen LogP contribution >= 0.6 is 15.9 Å². The van der Waals surface area contributed by atoms with E-state index in [0.717, 1.165) is 44.3 Å². The lowest BCUT2D eigenvalue weighted by Gasteiger charge is -2.11. The average Bonchev–Trinajstić information content (AvgIpc) is 3.11. The molecule has 1 aromatic heterocycles. The molecule has 0 radical (unpaired) electrons. The summed E-state index contributed by atoms with van der Waals surface area (Å²) in [5, 5.41) is 20.7. The summed E-state index contributed by atoms with van der Waals surface area (Å²) in [5.41, 5.74) is 5.75. The number of aromatic hydroxyl groups is 1. The Labute approximate surface area is 206 Å². The van der Waals surface area contributed by atoms with Crippen LogP contribution in [0.1, 0.15) is 28.7 Å². The van der Waals surface area contributed by atoms with Crippen LogP contribution in [0, 0.1) is 0 Å². The molecular weight excluding hydrogens is 494 g/mol. The van der Waals surface area contributed by atoms with Gasteiger partial charge in [0.1, 0.15) is 0 Å². The SMILES string of the molecule is CN(C)Cc1cccc(N=C(c2ccc(CCC(=O)O)cc2)c2c(O)[nH]c3cc(Br)ccc23)c1. The Balaban J connectivity index is 1.83. The van der Waals surface area contributed by atoms with E-state index < -0.39 is 5.97 Å². The predicted octanol–water partition coefficient (Wildman–Crippen LogP) is 5.88. The zero-order valence-corrected chi connectivity index (χ0v) is 20.6. The Bertz CT molecular complexity index is 1360. The summed E-state index contributed by atoms with van der Waals surface area (Å²) in [4.78, 5) is 21.1. The summed E-state index contributed by atoms with van der Waals surface area (Å²) < 4.78 is 0.908. The van der Waals surface area contributed by atoms with Crippen LogP contribution in [0.4, 0.5) is 5.69 Å². The van der Waals surface area contributed by atoms with Gasteiger partial charge in [0.15, 0.2) is 5.88 Å². The van der Waals surface area contributed by atoms with Crippen molar-refractivity contribution in [1.29, 1.82) is 0 Å². The van der Waals surface area contributed by atoms with Crippen molar-refractivity contribution in [3.05, 3.63) is 93.5 Å². The number of aliphatic imine (C=N–C) groups is 1. The summed E-state index contributed by atoms with van der Waals surface area (Å²) in [5.74, 6) is -0.773. The molecule has 0 unspecified atom stereocenters. The van der Waals surface area contributed by atoms with Gasteiger partial charge in [0.05, 0.1) is 22.5 Å². The summed E-state index contributed by atoms with van der Waals surface area (Å²) in [7, 11) is 4.05. The molecule has 0 aliphatic heterocycles. The van der Waals surface area contributed by atoms with Gasteiger partial charge in [0.25, 0.3) is 0 Å². The van der Waals surface area contributed by atoms with Gasteiger partial charge in [-0.1, -0.05) is 58.4 Å². The van der Waals surface area contributed by atoms with E-state index in [1.807, 2.05) is 74.8 Å². The summed E-state index contributed by atoms with van der Waals surface area (Å²) in [6, 6.07) is 21.5. The van der Waals surface area contributed by atoms with E-state index in [1.54, 1.807) is 0 Å². The molecular formula is C27H26BrN3O3. The standard InChI is InChI=1S/C27H26BrN3O3/c1-31(2)16-18-4-3-5-21(14-18)29-26(19-9-6-17(7-10-19)8-13-24(32)33)25-22-12-11-20(28)15-23(22)30-27(25)34/h3-7,9-12,14-15,30,34H,8,13,16H2,1-2H3,(H,32,33). The van der Waals surface area contributed by atoms with Gasteiger partial charge in [0.2, 0.25) is 0 Å². The molecule has 0 bridgehead atoms. The van der Waals surface area contributed by atoms with Crippen molar-refractivity contribution >= 4 is 44.2 Å². The number of benzene rings is 3. The minimum Gasteiger partial charge on any atom is -0.494 e. The second kappa shape index (κ2) is 10.2. The van der Waals surface area contributed by atoms with Crippen LogP contribution in [-0.2, 0) is 17.8 Å². The van der Waals surface area contributed by atoms with Gasteiger partial charge in [-0.05, 0) is 55.9 Å². The monoisotopic (exact) mass is 519 g/mol. The molecule has 4 rings (SSSR count). The number of rotatable bonds is 8. The first kappa shape index (κ1) is 23.7. The topological polar surface area (TPSA) is 88.9 Å². The highest BCUT2D eigenvalue weighted by atomic mass is 79.9. The highest BCUT2D eigenvalue weighted by Crippen LogP contribution is 2.33. The van der Waals surface area contributed by atoms with Gasteiger partial charge in [-0.15, -0.1) is 0 Å². The van der Waals surface area contributed by atoms with Crippen molar-refractivity contribution in [2.45, 2.75) is 19.4 Å². The second-order valence-electron chi connectivity index (χ2n) is 8.50. The maximum absolute atomic E-state index is 10.9. The Kier molecular flexibility index (Phi) is 7.14. The number of nitrogens with zero attached hydrogens (tertiary/aromatic N) is 2. The number of aromatic nitrogens is 1. The lowest BCUT2D eigenvalue weighted by Crippen LogP contribution is -2.10. The maximum Gasteiger partial charge on any atom is 0.303 e. The number of fused-ring (bicyclic) bond motifs is 1. The van der Waals surface area contributed by atoms with Gasteiger partial charge in [-0.3, -0.25) is 4.79 Å². The fraction of sp³-hybridized carbons (Fsp3) is 0.185. The van der Waals surface area contributed by atoms with E-state index in [1.165, 1.54) is 0 Å². The maximum atomic E-state index is 10.9. The zero-order chi connectivity index (χ0) is 24.2. The molecule has 7 heteroatoms. The third kappa shape index (κ3) is 5.55. The van der Waals surface area contributed by atoms with Crippen molar-refractivity contribution in [2.75, 3.05) is 14.1 Å². The van der Waals surface area contributed by atoms with Gasteiger partial charge in [0, 0.05) is 28.4 Å². The smallest absolute Gasteiger partial charge is 0.303 e. The lowest BCUT2D eigenvalue weighted by atomic mass is 9.98. The molecule has 3 N–H and O–H groups in total. The number of aryl methyl sites for hydroxylation is 1. The van der Waals surface area contributed by atoms with Gasteiger partial charge >= 0.3 is 5.97 Å². The number of nitrogens with one attached hydrogen (secondary N) is 1. The van der Waals surface area contributed by atoms with Crippen molar-refractivity contribution < 1.29 is 15.0 Å². The molecule has 34 heavy (non-hydrogen) atoms. The minimum absolute atomic E-state index is 0.0475. The molecule has 1 heterocycles. The number of carbonyl (C=O) groups is 1. The molecule has 0 spiro atoms. The lowest BCUT2D eigenvalue weighted by molar-refractivity contribution is -0.136. The molecule has 0 atom stereocenters. The van der Waals surface area contributed by atoms with Gasteiger partial charge < -0.3 is 20.1 Å². The van der Waals surface area contributed by atoms with Crippen molar-refractivity contribution in [1.82, 2.24) is 9.88 Å². The number of aromatic amines is 1. The Morgan fingerprint density at radius 3 is 2.50 bits per heavy atom. The van der Waals surface area contributed by atoms with Crippen LogP contribution in [-0.4, -0.2) is 45.9 Å². The van der Waals surface area contributed by atoms with Crippen LogP contribution in [0.2, 0.25) is 0 Å². The summed E-state index contributed by atoms with van der Waals surface area (Å²) in [6.07, 6.45) is 0.540. The van der Waals surface area contributed by atoms with E-state index >= 15 is 0 Å². The summed E-state index contributed by atoms with van der Waals surface area (Å²) >= 11 is 3.48. The summed E-state index contributed by atoms with van der Waals surface area (Å²) in [6.45, 7) is 0.795. The first-order valence-corrected chi connectivity index (χ1v) is 11.7. The molecule has 0 aliphatic carbocycles. The highest BCUT2D eigenvalue weighted by Gasteiger charge is 2.19. The number of carboxylic acid groups (broad SMARTS) is 1. The molecule has 3 aromatic carbocycles. The Morgan fingerprint density at radius 1 is 1.03 bits per heavy atom. The fourth-order valence-electron chi connectivity index (χ4n) is 3.96. The van der Waals surface area contributed by atoms with Crippen molar-refractivity contribution in [2.24, 2.45) is 4.99 Å². The molecule has 0 amide bonds. The van der Waals surface area contributed by atoms with E-state index in [4.69, 9.17) is 10.1 Å². The minimum atomic E-state index is -0.821. The second-order valence-corrected chi connectivity index (χ2v) is 9.41. The Hall–Kier alpha value is -3.42. The molecule has 6 nitrogen and oxygen atoms in total. The quantitative estimate of drug-likeness (QED) is 0.253. The fourth-order valence-corrected chi connectivity index (χ4v) is 4.32. The van der Waals surface area contributed by atoms with Crippen LogP contribution < -0.4 is 0 Å². The van der Waals surface area contributed by atoms with Crippen LogP contribution in [0.15, 0.2) is 76.2 Å². The van der Waals surface area contributed by atoms with Crippen molar-refractivity contribution in [3.8, 4) is 5.88 Å². The third-order valence-corrected chi connectivity index (χ3v) is 5.98. The van der Waals surface area contributed by atoms with Gasteiger partial charge in [-0.2, -0.15) is 0 Å². The number of H-pyrrole nitrogens is 1. The zero-order valence-electron chi connectivity index (χ0n) is 19.0. The Morgan fingerprint density at radius 2 is 1.79 bits per heavy atom. The number of hydrogen-bond donors (Lipinski definition) is 3. The molecule has 0 saturated carbocycles. The number of halogens is 1. The van der Waals surface area contributed by atoms with Crippen molar-refractivity contribution in [3.63, 3.8) is 0 Å². The third-order valence-electron chi connectivity index (χ3n) is 5.48. The van der Waals surface area contributed by atoms with E-state index in [9.17, 15) is 9.90 Å².